The van der Waals surface area contributed by atoms with Crippen LogP contribution in [0.15, 0.2) is 59.4 Å². The van der Waals surface area contributed by atoms with Crippen molar-refractivity contribution in [3.8, 4) is 39.9 Å². The maximum atomic E-state index is 12.6. The summed E-state index contributed by atoms with van der Waals surface area (Å²) in [4.78, 5) is 12.6. The van der Waals surface area contributed by atoms with Gasteiger partial charge in [-0.2, -0.15) is 0 Å². The number of ether oxygens (including phenoxy) is 4. The van der Waals surface area contributed by atoms with Crippen LogP contribution in [-0.4, -0.2) is 33.0 Å². The van der Waals surface area contributed by atoms with E-state index in [1.807, 2.05) is 42.5 Å². The minimum absolute atomic E-state index is 0.147. The van der Waals surface area contributed by atoms with Crippen molar-refractivity contribution in [2.24, 2.45) is 0 Å². The number of aromatic nitrogens is 1. The van der Waals surface area contributed by atoms with Crippen molar-refractivity contribution >= 4 is 0 Å². The van der Waals surface area contributed by atoms with Crippen LogP contribution >= 0.6 is 0 Å². The third-order valence-electron chi connectivity index (χ3n) is 4.25. The Bertz CT molecular complexity index is 967. The molecule has 0 saturated carbocycles. The van der Waals surface area contributed by atoms with Crippen LogP contribution in [0.2, 0.25) is 0 Å². The Labute approximate surface area is 157 Å². The first-order valence-electron chi connectivity index (χ1n) is 8.29. The Balaban J connectivity index is 2.24. The third-order valence-corrected chi connectivity index (χ3v) is 4.25. The lowest BCUT2D eigenvalue weighted by atomic mass is 10.1. The van der Waals surface area contributed by atoms with Crippen LogP contribution in [-0.2, 0) is 0 Å². The van der Waals surface area contributed by atoms with Crippen molar-refractivity contribution in [1.82, 2.24) is 4.57 Å². The summed E-state index contributed by atoms with van der Waals surface area (Å²) in [6, 6.07) is 16.0. The highest BCUT2D eigenvalue weighted by atomic mass is 16.5. The van der Waals surface area contributed by atoms with E-state index in [4.69, 9.17) is 18.9 Å². The van der Waals surface area contributed by atoms with Crippen molar-refractivity contribution < 1.29 is 18.9 Å². The van der Waals surface area contributed by atoms with Crippen molar-refractivity contribution in [1.29, 1.82) is 0 Å². The molecule has 0 amide bonds. The lowest BCUT2D eigenvalue weighted by Gasteiger charge is -2.17. The largest absolute Gasteiger partial charge is 0.497 e. The van der Waals surface area contributed by atoms with Gasteiger partial charge in [0, 0.05) is 17.3 Å². The van der Waals surface area contributed by atoms with Crippen LogP contribution < -0.4 is 24.5 Å². The van der Waals surface area contributed by atoms with Gasteiger partial charge >= 0.3 is 0 Å². The van der Waals surface area contributed by atoms with Gasteiger partial charge < -0.3 is 18.9 Å². The summed E-state index contributed by atoms with van der Waals surface area (Å²) in [5, 5.41) is 0. The summed E-state index contributed by atoms with van der Waals surface area (Å²) < 4.78 is 23.1. The van der Waals surface area contributed by atoms with E-state index in [0.717, 1.165) is 17.0 Å². The van der Waals surface area contributed by atoms with E-state index >= 15 is 0 Å². The second-order valence-electron chi connectivity index (χ2n) is 5.70. The average Bonchev–Trinajstić information content (AvgIpc) is 2.72. The fourth-order valence-corrected chi connectivity index (χ4v) is 2.94. The molecule has 0 aliphatic carbocycles. The van der Waals surface area contributed by atoms with Crippen LogP contribution in [0, 0.1) is 0 Å². The molecule has 0 aliphatic heterocycles. The Morgan fingerprint density at radius 1 is 0.741 bits per heavy atom. The van der Waals surface area contributed by atoms with Crippen LogP contribution in [0.25, 0.3) is 16.9 Å². The SMILES string of the molecule is COc1ccc(-n2c(-c3cc(OC)c(OC)c(OC)c3)cccc2=O)cc1. The van der Waals surface area contributed by atoms with Crippen LogP contribution in [0.3, 0.4) is 0 Å². The Hall–Kier alpha value is -3.41. The van der Waals surface area contributed by atoms with E-state index in [2.05, 4.69) is 0 Å². The molecule has 3 rings (SSSR count). The van der Waals surface area contributed by atoms with E-state index in [9.17, 15) is 4.79 Å². The van der Waals surface area contributed by atoms with Gasteiger partial charge in [0.25, 0.3) is 5.56 Å². The first-order valence-corrected chi connectivity index (χ1v) is 8.29. The van der Waals surface area contributed by atoms with Gasteiger partial charge in [-0.25, -0.2) is 0 Å². The smallest absolute Gasteiger partial charge is 0.255 e. The molecule has 6 nitrogen and oxygen atoms in total. The summed E-state index contributed by atoms with van der Waals surface area (Å²) in [5.41, 5.74) is 2.04. The van der Waals surface area contributed by atoms with Gasteiger partial charge in [0.1, 0.15) is 5.75 Å². The summed E-state index contributed by atoms with van der Waals surface area (Å²) in [7, 11) is 6.27. The molecular weight excluding hydrogens is 346 g/mol. The van der Waals surface area contributed by atoms with Crippen molar-refractivity contribution in [3.63, 3.8) is 0 Å². The van der Waals surface area contributed by atoms with E-state index < -0.39 is 0 Å². The molecule has 0 fully saturated rings. The van der Waals surface area contributed by atoms with Crippen molar-refractivity contribution in [2.45, 2.75) is 0 Å². The Kier molecular flexibility index (Phi) is 5.35. The molecule has 0 bridgehead atoms. The van der Waals surface area contributed by atoms with Gasteiger partial charge in [0.2, 0.25) is 5.75 Å². The summed E-state index contributed by atoms with van der Waals surface area (Å²) in [6.07, 6.45) is 0. The highest BCUT2D eigenvalue weighted by molar-refractivity contribution is 5.70. The molecule has 3 aromatic rings. The Morgan fingerprint density at radius 2 is 1.37 bits per heavy atom. The van der Waals surface area contributed by atoms with Gasteiger partial charge in [-0.15, -0.1) is 0 Å². The molecule has 0 atom stereocenters. The molecule has 1 heterocycles. The number of methoxy groups -OCH3 is 4. The quantitative estimate of drug-likeness (QED) is 0.667. The summed E-state index contributed by atoms with van der Waals surface area (Å²) in [6.45, 7) is 0. The molecule has 0 aliphatic rings. The van der Waals surface area contributed by atoms with Crippen molar-refractivity contribution in [2.75, 3.05) is 28.4 Å². The number of nitrogens with zero attached hydrogens (tertiary/aromatic N) is 1. The minimum Gasteiger partial charge on any atom is -0.497 e. The predicted octanol–water partition coefficient (Wildman–Crippen LogP) is 3.54. The zero-order chi connectivity index (χ0) is 19.4. The van der Waals surface area contributed by atoms with Gasteiger partial charge in [-0.1, -0.05) is 6.07 Å². The molecule has 140 valence electrons. The van der Waals surface area contributed by atoms with Crippen LogP contribution in [0.4, 0.5) is 0 Å². The zero-order valence-corrected chi connectivity index (χ0v) is 15.7. The van der Waals surface area contributed by atoms with Gasteiger partial charge in [-0.05, 0) is 42.5 Å². The molecule has 0 radical (unpaired) electrons. The van der Waals surface area contributed by atoms with Gasteiger partial charge in [0.05, 0.1) is 34.1 Å². The molecule has 2 aromatic carbocycles. The van der Waals surface area contributed by atoms with E-state index in [1.54, 1.807) is 39.1 Å². The molecular formula is C21H21NO5. The highest BCUT2D eigenvalue weighted by Crippen LogP contribution is 2.41. The standard InChI is InChI=1S/C21H21NO5/c1-24-16-10-8-15(9-11-16)22-17(6-5-7-20(22)23)14-12-18(25-2)21(27-4)19(13-14)26-3/h5-13H,1-4H3. The number of hydrogen-bond acceptors (Lipinski definition) is 5. The lowest BCUT2D eigenvalue weighted by Crippen LogP contribution is -2.18. The molecule has 0 unspecified atom stereocenters. The average molecular weight is 367 g/mol. The van der Waals surface area contributed by atoms with E-state index in [1.165, 1.54) is 6.07 Å². The maximum absolute atomic E-state index is 12.6. The minimum atomic E-state index is -0.147. The van der Waals surface area contributed by atoms with Crippen molar-refractivity contribution in [3.05, 3.63) is 65.0 Å². The monoisotopic (exact) mass is 367 g/mol. The van der Waals surface area contributed by atoms with Gasteiger partial charge in [0.15, 0.2) is 11.5 Å². The molecule has 27 heavy (non-hydrogen) atoms. The van der Waals surface area contributed by atoms with Gasteiger partial charge in [-0.3, -0.25) is 9.36 Å². The fraction of sp³-hybridized carbons (Fsp3) is 0.190. The van der Waals surface area contributed by atoms with E-state index in [0.29, 0.717) is 22.9 Å². The normalized spacial score (nSPS) is 10.4. The zero-order valence-electron chi connectivity index (χ0n) is 15.7. The molecule has 0 spiro atoms. The van der Waals surface area contributed by atoms with Crippen LogP contribution in [0.5, 0.6) is 23.0 Å². The molecule has 6 heteroatoms. The van der Waals surface area contributed by atoms with E-state index in [-0.39, 0.29) is 5.56 Å². The molecule has 1 aromatic heterocycles. The van der Waals surface area contributed by atoms with Crippen LogP contribution in [0.1, 0.15) is 0 Å². The Morgan fingerprint density at radius 3 is 1.89 bits per heavy atom. The lowest BCUT2D eigenvalue weighted by molar-refractivity contribution is 0.324. The molecule has 0 N–H and O–H groups in total. The first-order chi connectivity index (χ1) is 13.1. The fourth-order valence-electron chi connectivity index (χ4n) is 2.94. The third kappa shape index (κ3) is 3.46. The summed E-state index contributed by atoms with van der Waals surface area (Å²) >= 11 is 0. The topological polar surface area (TPSA) is 58.9 Å². The number of hydrogen-bond donors (Lipinski definition) is 0. The highest BCUT2D eigenvalue weighted by Gasteiger charge is 2.16. The second kappa shape index (κ2) is 7.86. The maximum Gasteiger partial charge on any atom is 0.255 e. The number of benzene rings is 2. The summed E-state index contributed by atoms with van der Waals surface area (Å²) in [5.74, 6) is 2.25. The second-order valence-corrected chi connectivity index (χ2v) is 5.70. The number of rotatable bonds is 6. The first kappa shape index (κ1) is 18.4. The number of pyridine rings is 1. The predicted molar refractivity (Wildman–Crippen MR) is 104 cm³/mol. The molecule has 0 saturated heterocycles.